The summed E-state index contributed by atoms with van der Waals surface area (Å²) in [5, 5.41) is 12.3. The molecule has 0 amide bonds. The maximum Gasteiger partial charge on any atom is 0.233 e. The van der Waals surface area contributed by atoms with Gasteiger partial charge in [-0.15, -0.1) is 0 Å². The van der Waals surface area contributed by atoms with E-state index in [0.29, 0.717) is 45.1 Å². The summed E-state index contributed by atoms with van der Waals surface area (Å²) in [4.78, 5) is 4.26. The lowest BCUT2D eigenvalue weighted by Crippen LogP contribution is -1.92. The minimum absolute atomic E-state index is 0.338. The lowest BCUT2D eigenvalue weighted by atomic mass is 10.2. The van der Waals surface area contributed by atoms with Crippen molar-refractivity contribution in [2.75, 3.05) is 0 Å². The highest BCUT2D eigenvalue weighted by Gasteiger charge is 2.17. The second kappa shape index (κ2) is 5.22. The molecule has 0 saturated heterocycles. The minimum atomic E-state index is 0.338. The van der Waals surface area contributed by atoms with E-state index in [4.69, 9.17) is 27.7 Å². The smallest absolute Gasteiger partial charge is 0.233 e. The van der Waals surface area contributed by atoms with Crippen LogP contribution in [0.15, 0.2) is 27.4 Å². The molecule has 0 aliphatic heterocycles. The number of hydrogen-bond donors (Lipinski definition) is 0. The predicted octanol–water partition coefficient (Wildman–Crippen LogP) is 3.33. The highest BCUT2D eigenvalue weighted by atomic mass is 35.5. The fraction of sp³-hybridized carbons (Fsp3) is 0.167. The Bertz CT molecular complexity index is 733. The summed E-state index contributed by atoms with van der Waals surface area (Å²) < 4.78 is 9.78. The predicted molar refractivity (Wildman–Crippen MR) is 71.6 cm³/mol. The third-order valence-corrected chi connectivity index (χ3v) is 3.35. The maximum atomic E-state index is 6.10. The molecule has 6 nitrogen and oxygen atoms in total. The minimum Gasteiger partial charge on any atom is -0.339 e. The SMILES string of the molecule is Cc1nonc1Cc1nc(-c2c(Cl)cccc2Cl)no1. The summed E-state index contributed by atoms with van der Waals surface area (Å²) >= 11 is 12.2. The molecule has 0 saturated carbocycles. The van der Waals surface area contributed by atoms with Gasteiger partial charge in [-0.05, 0) is 19.1 Å². The Morgan fingerprint density at radius 2 is 1.85 bits per heavy atom. The van der Waals surface area contributed by atoms with Crippen LogP contribution in [0.4, 0.5) is 0 Å². The van der Waals surface area contributed by atoms with Crippen LogP contribution in [0, 0.1) is 6.92 Å². The third-order valence-electron chi connectivity index (χ3n) is 2.72. The molecule has 1 aromatic carbocycles. The first-order valence-electron chi connectivity index (χ1n) is 5.70. The number of halogens is 2. The van der Waals surface area contributed by atoms with Crippen molar-refractivity contribution < 1.29 is 9.15 Å². The fourth-order valence-corrected chi connectivity index (χ4v) is 2.26. The molecule has 102 valence electrons. The molecule has 20 heavy (non-hydrogen) atoms. The maximum absolute atomic E-state index is 6.10. The van der Waals surface area contributed by atoms with Crippen LogP contribution in [0.2, 0.25) is 10.0 Å². The van der Waals surface area contributed by atoms with Crippen molar-refractivity contribution in [1.29, 1.82) is 0 Å². The molecule has 0 spiro atoms. The molecule has 0 N–H and O–H groups in total. The van der Waals surface area contributed by atoms with Gasteiger partial charge in [0.1, 0.15) is 11.4 Å². The number of benzene rings is 1. The zero-order valence-corrected chi connectivity index (χ0v) is 11.8. The van der Waals surface area contributed by atoms with Crippen molar-refractivity contribution in [3.8, 4) is 11.4 Å². The van der Waals surface area contributed by atoms with Crippen molar-refractivity contribution in [3.63, 3.8) is 0 Å². The van der Waals surface area contributed by atoms with Crippen molar-refractivity contribution in [2.24, 2.45) is 0 Å². The van der Waals surface area contributed by atoms with Gasteiger partial charge >= 0.3 is 0 Å². The van der Waals surface area contributed by atoms with E-state index >= 15 is 0 Å². The van der Waals surface area contributed by atoms with Crippen molar-refractivity contribution >= 4 is 23.2 Å². The molecule has 3 aromatic rings. The molecule has 2 aromatic heterocycles. The lowest BCUT2D eigenvalue weighted by Gasteiger charge is -2.00. The number of hydrogen-bond acceptors (Lipinski definition) is 6. The van der Waals surface area contributed by atoms with E-state index in [9.17, 15) is 0 Å². The largest absolute Gasteiger partial charge is 0.339 e. The van der Waals surface area contributed by atoms with Gasteiger partial charge in [0.2, 0.25) is 11.7 Å². The Kier molecular flexibility index (Phi) is 3.42. The molecule has 0 radical (unpaired) electrons. The number of rotatable bonds is 3. The molecule has 2 heterocycles. The highest BCUT2D eigenvalue weighted by molar-refractivity contribution is 6.38. The van der Waals surface area contributed by atoms with E-state index in [1.54, 1.807) is 25.1 Å². The monoisotopic (exact) mass is 310 g/mol. The van der Waals surface area contributed by atoms with E-state index in [1.807, 2.05) is 0 Å². The lowest BCUT2D eigenvalue weighted by molar-refractivity contribution is 0.300. The number of nitrogens with zero attached hydrogens (tertiary/aromatic N) is 4. The van der Waals surface area contributed by atoms with E-state index in [2.05, 4.69) is 25.1 Å². The Balaban J connectivity index is 1.93. The summed E-state index contributed by atoms with van der Waals surface area (Å²) in [7, 11) is 0. The molecule has 8 heteroatoms. The standard InChI is InChI=1S/C12H8Cl2N4O2/c1-6-9(17-20-16-6)5-10-15-12(18-19-10)11-7(13)3-2-4-8(11)14/h2-4H,5H2,1H3. The molecular weight excluding hydrogens is 303 g/mol. The van der Waals surface area contributed by atoms with Gasteiger partial charge in [-0.25, -0.2) is 4.63 Å². The van der Waals surface area contributed by atoms with Gasteiger partial charge in [-0.2, -0.15) is 4.98 Å². The zero-order valence-electron chi connectivity index (χ0n) is 10.3. The number of aromatic nitrogens is 4. The van der Waals surface area contributed by atoms with Gasteiger partial charge in [0.05, 0.1) is 22.0 Å². The van der Waals surface area contributed by atoms with Crippen molar-refractivity contribution in [3.05, 3.63) is 45.5 Å². The van der Waals surface area contributed by atoms with Crippen LogP contribution in [0.25, 0.3) is 11.4 Å². The topological polar surface area (TPSA) is 77.8 Å². The first-order chi connectivity index (χ1) is 9.65. The van der Waals surface area contributed by atoms with Crippen LogP contribution in [0.5, 0.6) is 0 Å². The molecule has 0 aliphatic rings. The molecule has 3 rings (SSSR count). The van der Waals surface area contributed by atoms with E-state index < -0.39 is 0 Å². The summed E-state index contributed by atoms with van der Waals surface area (Å²) in [6.07, 6.45) is 0.338. The molecule has 0 aliphatic carbocycles. The quantitative estimate of drug-likeness (QED) is 0.738. The van der Waals surface area contributed by atoms with Gasteiger partial charge < -0.3 is 4.52 Å². The van der Waals surface area contributed by atoms with Crippen LogP contribution in [-0.2, 0) is 6.42 Å². The van der Waals surface area contributed by atoms with Gasteiger partial charge in [0.15, 0.2) is 0 Å². The van der Waals surface area contributed by atoms with E-state index in [0.717, 1.165) is 0 Å². The Hall–Kier alpha value is -1.92. The van der Waals surface area contributed by atoms with Crippen molar-refractivity contribution in [2.45, 2.75) is 13.3 Å². The number of aryl methyl sites for hydroxylation is 1. The van der Waals surface area contributed by atoms with Crippen LogP contribution in [0.3, 0.4) is 0 Å². The Morgan fingerprint density at radius 1 is 1.10 bits per heavy atom. The van der Waals surface area contributed by atoms with Crippen LogP contribution >= 0.6 is 23.2 Å². The van der Waals surface area contributed by atoms with Crippen LogP contribution < -0.4 is 0 Å². The zero-order chi connectivity index (χ0) is 14.1. The van der Waals surface area contributed by atoms with Crippen LogP contribution in [-0.4, -0.2) is 20.5 Å². The molecule has 0 atom stereocenters. The Labute approximate surface area is 123 Å². The van der Waals surface area contributed by atoms with Crippen molar-refractivity contribution in [1.82, 2.24) is 20.5 Å². The van der Waals surface area contributed by atoms with Gasteiger partial charge in [0, 0.05) is 0 Å². The first-order valence-corrected chi connectivity index (χ1v) is 6.45. The normalized spacial score (nSPS) is 10.9. The second-order valence-electron chi connectivity index (χ2n) is 4.08. The second-order valence-corrected chi connectivity index (χ2v) is 4.90. The van der Waals surface area contributed by atoms with Gasteiger partial charge in [0.25, 0.3) is 0 Å². The molecular formula is C12H8Cl2N4O2. The fourth-order valence-electron chi connectivity index (χ4n) is 1.69. The van der Waals surface area contributed by atoms with Crippen LogP contribution in [0.1, 0.15) is 17.3 Å². The van der Waals surface area contributed by atoms with E-state index in [-0.39, 0.29) is 0 Å². The average molecular weight is 311 g/mol. The third kappa shape index (κ3) is 2.39. The Morgan fingerprint density at radius 3 is 2.50 bits per heavy atom. The summed E-state index contributed by atoms with van der Waals surface area (Å²) in [6, 6.07) is 5.18. The summed E-state index contributed by atoms with van der Waals surface area (Å²) in [5.74, 6) is 0.722. The summed E-state index contributed by atoms with van der Waals surface area (Å²) in [5.41, 5.74) is 1.87. The highest BCUT2D eigenvalue weighted by Crippen LogP contribution is 2.32. The average Bonchev–Trinajstić information content (AvgIpc) is 3.01. The molecule has 0 bridgehead atoms. The van der Waals surface area contributed by atoms with Gasteiger partial charge in [-0.3, -0.25) is 0 Å². The molecule has 0 fully saturated rings. The molecule has 0 unspecified atom stereocenters. The van der Waals surface area contributed by atoms with Gasteiger partial charge in [-0.1, -0.05) is 44.7 Å². The van der Waals surface area contributed by atoms with E-state index in [1.165, 1.54) is 0 Å². The first kappa shape index (κ1) is 13.1. The summed E-state index contributed by atoms with van der Waals surface area (Å²) in [6.45, 7) is 1.79.